The number of nitrogens with zero attached hydrogens (tertiary/aromatic N) is 1. The number of hydrogen-bond donors (Lipinski definition) is 0. The minimum atomic E-state index is -4.59. The number of phosphoric ester groups is 1. The van der Waals surface area contributed by atoms with Crippen molar-refractivity contribution in [2.75, 3.05) is 47.5 Å². The molecule has 1 unspecified atom stereocenters. The van der Waals surface area contributed by atoms with Crippen molar-refractivity contribution in [2.24, 2.45) is 0 Å². The molecule has 0 fully saturated rings. The van der Waals surface area contributed by atoms with E-state index in [9.17, 15) is 19.0 Å². The van der Waals surface area contributed by atoms with Crippen molar-refractivity contribution in [3.8, 4) is 0 Å². The van der Waals surface area contributed by atoms with Gasteiger partial charge in [0.1, 0.15) is 19.8 Å². The normalized spacial score (nSPS) is 13.4. The number of phosphoric acid groups is 1. The second kappa shape index (κ2) is 40.4. The van der Waals surface area contributed by atoms with Gasteiger partial charge in [0.2, 0.25) is 0 Å². The van der Waals surface area contributed by atoms with Gasteiger partial charge in [-0.1, -0.05) is 213 Å². The van der Waals surface area contributed by atoms with E-state index >= 15 is 0 Å². The van der Waals surface area contributed by atoms with Crippen molar-refractivity contribution in [1.29, 1.82) is 0 Å². The minimum absolute atomic E-state index is 0.0285. The zero-order chi connectivity index (χ0) is 42.1. The molecule has 0 N–H and O–H groups in total. The summed E-state index contributed by atoms with van der Waals surface area (Å²) in [7, 11) is 1.17. The summed E-state index contributed by atoms with van der Waals surface area (Å²) in [5.74, 6) is -0.883. The number of hydrogen-bond acceptors (Lipinski definition) is 8. The van der Waals surface area contributed by atoms with E-state index < -0.39 is 26.5 Å². The summed E-state index contributed by atoms with van der Waals surface area (Å²) in [5.41, 5.74) is 0. The molecule has 0 aliphatic heterocycles. The highest BCUT2D eigenvalue weighted by Gasteiger charge is 2.21. The molecule has 0 amide bonds. The number of ether oxygens (including phenoxy) is 2. The Morgan fingerprint density at radius 3 is 1.16 bits per heavy atom. The fraction of sp³-hybridized carbons (Fsp3) is 0.957. The molecule has 0 saturated carbocycles. The number of esters is 2. The Morgan fingerprint density at radius 1 is 0.474 bits per heavy atom. The van der Waals surface area contributed by atoms with Gasteiger partial charge in [0.15, 0.2) is 6.10 Å². The first-order valence-electron chi connectivity index (χ1n) is 24.2. The molecule has 9 nitrogen and oxygen atoms in total. The molecule has 0 bridgehead atoms. The van der Waals surface area contributed by atoms with Gasteiger partial charge in [-0.05, 0) is 12.8 Å². The summed E-state index contributed by atoms with van der Waals surface area (Å²) >= 11 is 0. The lowest BCUT2D eigenvalue weighted by Crippen LogP contribution is -2.37. The van der Waals surface area contributed by atoms with E-state index in [4.69, 9.17) is 18.5 Å². The Labute approximate surface area is 353 Å². The van der Waals surface area contributed by atoms with Gasteiger partial charge in [-0.2, -0.15) is 0 Å². The number of carbonyl (C=O) groups is 2. The summed E-state index contributed by atoms with van der Waals surface area (Å²) in [6.07, 6.45) is 43.7. The largest absolute Gasteiger partial charge is 0.756 e. The first-order chi connectivity index (χ1) is 27.5. The second-order valence-corrected chi connectivity index (χ2v) is 19.3. The van der Waals surface area contributed by atoms with Crippen molar-refractivity contribution >= 4 is 19.8 Å². The molecule has 2 atom stereocenters. The molecule has 0 radical (unpaired) electrons. The van der Waals surface area contributed by atoms with Gasteiger partial charge in [-0.3, -0.25) is 14.2 Å². The number of carbonyl (C=O) groups excluding carboxylic acids is 2. The summed E-state index contributed by atoms with van der Waals surface area (Å²) in [6.45, 7) is 3.86. The highest BCUT2D eigenvalue weighted by atomic mass is 31.2. The molecular weight excluding hydrogens is 737 g/mol. The van der Waals surface area contributed by atoms with Gasteiger partial charge in [-0.15, -0.1) is 0 Å². The number of rotatable bonds is 45. The van der Waals surface area contributed by atoms with Gasteiger partial charge >= 0.3 is 11.9 Å². The predicted octanol–water partition coefficient (Wildman–Crippen LogP) is 13.3. The highest BCUT2D eigenvalue weighted by molar-refractivity contribution is 7.45. The van der Waals surface area contributed by atoms with Crippen molar-refractivity contribution < 1.29 is 42.1 Å². The average molecular weight is 832 g/mol. The van der Waals surface area contributed by atoms with Crippen molar-refractivity contribution in [3.63, 3.8) is 0 Å². The molecule has 0 heterocycles. The van der Waals surface area contributed by atoms with Crippen LogP contribution in [0.5, 0.6) is 0 Å². The van der Waals surface area contributed by atoms with Crippen LogP contribution >= 0.6 is 7.82 Å². The molecule has 0 aromatic carbocycles. The number of likely N-dealkylation sites (N-methyl/N-ethyl adjacent to an activating group) is 1. The maximum absolute atomic E-state index is 12.3. The Balaban J connectivity index is 3.58. The van der Waals surface area contributed by atoms with Gasteiger partial charge in [-0.25, -0.2) is 0 Å². The van der Waals surface area contributed by atoms with Crippen LogP contribution in [0.3, 0.4) is 0 Å². The minimum Gasteiger partial charge on any atom is -0.756 e. The average Bonchev–Trinajstić information content (AvgIpc) is 3.15. The summed E-state index contributed by atoms with van der Waals surface area (Å²) in [4.78, 5) is 36.5. The summed E-state index contributed by atoms with van der Waals surface area (Å²) < 4.78 is 33.2. The zero-order valence-corrected chi connectivity index (χ0v) is 39.2. The van der Waals surface area contributed by atoms with Crippen LogP contribution in [0, 0.1) is 0 Å². The maximum atomic E-state index is 12.3. The fourth-order valence-electron chi connectivity index (χ4n) is 7.11. The molecule has 0 saturated heterocycles. The van der Waals surface area contributed by atoms with Gasteiger partial charge in [0, 0.05) is 12.8 Å². The Hall–Kier alpha value is -0.990. The zero-order valence-electron chi connectivity index (χ0n) is 38.3. The van der Waals surface area contributed by atoms with E-state index in [0.717, 1.165) is 19.3 Å². The van der Waals surface area contributed by atoms with Crippen molar-refractivity contribution in [1.82, 2.24) is 0 Å². The smallest absolute Gasteiger partial charge is 0.306 e. The van der Waals surface area contributed by atoms with Gasteiger partial charge < -0.3 is 27.9 Å². The van der Waals surface area contributed by atoms with Crippen LogP contribution in [0.25, 0.3) is 0 Å². The molecule has 0 spiro atoms. The molecule has 0 aliphatic carbocycles. The fourth-order valence-corrected chi connectivity index (χ4v) is 7.84. The molecule has 0 aromatic heterocycles. The van der Waals surface area contributed by atoms with Crippen LogP contribution < -0.4 is 4.89 Å². The SMILES string of the molecule is CCCCCCCCCCCCCCCCCCCCCCCCCCCCCCCCCCC(=O)OC[C@H](COP(=O)([O-])OCC[N+](C)(C)C)OC(=O)CCC. The molecular formula is C47H94NO8P. The quantitative estimate of drug-likeness (QED) is 0.0258. The van der Waals surface area contributed by atoms with E-state index in [1.807, 2.05) is 28.1 Å². The highest BCUT2D eigenvalue weighted by Crippen LogP contribution is 2.38. The van der Waals surface area contributed by atoms with Gasteiger partial charge in [0.25, 0.3) is 7.82 Å². The molecule has 0 aromatic rings. The van der Waals surface area contributed by atoms with E-state index in [1.165, 1.54) is 186 Å². The van der Waals surface area contributed by atoms with Gasteiger partial charge in [0.05, 0.1) is 27.7 Å². The Bertz CT molecular complexity index is 943. The third-order valence-corrected chi connectivity index (χ3v) is 11.8. The van der Waals surface area contributed by atoms with Crippen LogP contribution in [0.15, 0.2) is 0 Å². The lowest BCUT2D eigenvalue weighted by Gasteiger charge is -2.28. The van der Waals surface area contributed by atoms with Crippen molar-refractivity contribution in [2.45, 2.75) is 245 Å². The van der Waals surface area contributed by atoms with E-state index in [0.29, 0.717) is 17.4 Å². The Morgan fingerprint density at radius 2 is 0.825 bits per heavy atom. The lowest BCUT2D eigenvalue weighted by molar-refractivity contribution is -0.870. The monoisotopic (exact) mass is 832 g/mol. The van der Waals surface area contributed by atoms with Crippen molar-refractivity contribution in [3.05, 3.63) is 0 Å². The van der Waals surface area contributed by atoms with Crippen LogP contribution in [-0.2, 0) is 32.7 Å². The maximum Gasteiger partial charge on any atom is 0.306 e. The number of unbranched alkanes of at least 4 members (excludes halogenated alkanes) is 31. The Kier molecular flexibility index (Phi) is 39.7. The predicted molar refractivity (Wildman–Crippen MR) is 236 cm³/mol. The summed E-state index contributed by atoms with van der Waals surface area (Å²) in [6, 6.07) is 0. The standard InChI is InChI=1S/C47H94NO8P/c1-6-8-9-10-11-12-13-14-15-16-17-18-19-20-21-22-23-24-25-26-27-28-29-30-31-32-33-34-35-36-37-38-40-46(49)53-43-45(56-47(50)39-7-2)44-55-57(51,52)54-42-41-48(3,4)5/h45H,6-44H2,1-5H3/t45-/m1/s1. The molecule has 0 rings (SSSR count). The first-order valence-corrected chi connectivity index (χ1v) is 25.7. The first kappa shape index (κ1) is 56.0. The van der Waals surface area contributed by atoms with E-state index in [1.54, 1.807) is 0 Å². The van der Waals surface area contributed by atoms with E-state index in [2.05, 4.69) is 6.92 Å². The topological polar surface area (TPSA) is 111 Å². The van der Waals surface area contributed by atoms with Crippen LogP contribution in [0.1, 0.15) is 239 Å². The van der Waals surface area contributed by atoms with Crippen LogP contribution in [-0.4, -0.2) is 70.0 Å². The molecule has 0 aliphatic rings. The lowest BCUT2D eigenvalue weighted by atomic mass is 10.0. The third kappa shape index (κ3) is 44.4. The molecule has 340 valence electrons. The summed E-state index contributed by atoms with van der Waals surface area (Å²) in [5, 5.41) is 0. The second-order valence-electron chi connectivity index (χ2n) is 17.8. The number of quaternary nitrogens is 1. The molecule has 10 heteroatoms. The van der Waals surface area contributed by atoms with E-state index in [-0.39, 0.29) is 32.0 Å². The van der Waals surface area contributed by atoms with Crippen LogP contribution in [0.2, 0.25) is 0 Å². The van der Waals surface area contributed by atoms with Crippen LogP contribution in [0.4, 0.5) is 0 Å². The third-order valence-electron chi connectivity index (χ3n) is 10.8. The molecule has 57 heavy (non-hydrogen) atoms.